The number of hydrogen-bond donors (Lipinski definition) is 2. The first-order chi connectivity index (χ1) is 10.00. The maximum Gasteiger partial charge on any atom is 0.321 e. The van der Waals surface area contributed by atoms with Crippen LogP contribution in [0.4, 0.5) is 5.95 Å². The number of hydrogen-bond acceptors (Lipinski definition) is 2. The Balaban J connectivity index is 0.00000242. The molecule has 0 bridgehead atoms. The second-order valence-electron chi connectivity index (χ2n) is 6.64. The average Bonchev–Trinajstić information content (AvgIpc) is 2.98. The third-order valence-electron chi connectivity index (χ3n) is 4.33. The van der Waals surface area contributed by atoms with Crippen molar-refractivity contribution >= 4 is 5.95 Å². The maximum absolute atomic E-state index is 4.10. The fourth-order valence-corrected chi connectivity index (χ4v) is 2.60. The van der Waals surface area contributed by atoms with Crippen molar-refractivity contribution in [3.05, 3.63) is 41.7 Å². The van der Waals surface area contributed by atoms with Crippen LogP contribution in [0.15, 0.2) is 30.6 Å². The lowest BCUT2D eigenvalue weighted by molar-refractivity contribution is -0.595. The number of nitrogens with one attached hydrogen (secondary N) is 1. The van der Waals surface area contributed by atoms with E-state index in [0.717, 1.165) is 12.5 Å². The molecule has 2 aromatic rings. The Morgan fingerprint density at radius 3 is 2.45 bits per heavy atom. The van der Waals surface area contributed by atoms with E-state index >= 15 is 0 Å². The summed E-state index contributed by atoms with van der Waals surface area (Å²) in [7, 11) is 0. The normalized spacial score (nSPS) is 12.7. The van der Waals surface area contributed by atoms with Gasteiger partial charge in [0, 0.05) is 5.56 Å². The minimum absolute atomic E-state index is 0. The molecule has 0 spiro atoms. The number of rotatable bonds is 7. The third-order valence-corrected chi connectivity index (χ3v) is 4.33. The van der Waals surface area contributed by atoms with E-state index in [1.807, 2.05) is 0 Å². The number of quaternary nitrogens is 1. The number of nitrogens with zero attached hydrogens (tertiary/aromatic N) is 2. The zero-order valence-corrected chi connectivity index (χ0v) is 15.5. The Kier molecular flexibility index (Phi) is 7.23. The van der Waals surface area contributed by atoms with Crippen molar-refractivity contribution in [1.29, 1.82) is 0 Å². The van der Waals surface area contributed by atoms with Crippen LogP contribution in [0.25, 0.3) is 0 Å². The van der Waals surface area contributed by atoms with Crippen molar-refractivity contribution in [2.24, 2.45) is 5.41 Å². The molecule has 2 rings (SSSR count). The Hall–Kier alpha value is -1.20. The van der Waals surface area contributed by atoms with Crippen LogP contribution in [0.5, 0.6) is 0 Å². The summed E-state index contributed by atoms with van der Waals surface area (Å²) >= 11 is 0. The molecule has 22 heavy (non-hydrogen) atoms. The second kappa shape index (κ2) is 8.44. The summed E-state index contributed by atoms with van der Waals surface area (Å²) in [5.74, 6) is 1.43. The number of aromatic amines is 1. The SMILES string of the molecule is CCC(C)(C)CC(C)c1ccc(C[NH2+]c2ncn[nH]2)cc1.[Br-]. The number of nitrogens with two attached hydrogens (primary N) is 1. The predicted octanol–water partition coefficient (Wildman–Crippen LogP) is 0.134. The van der Waals surface area contributed by atoms with Crippen molar-refractivity contribution < 1.29 is 22.3 Å². The van der Waals surface area contributed by atoms with Gasteiger partial charge in [0.2, 0.25) is 0 Å². The molecular formula is C17H27BrN4. The monoisotopic (exact) mass is 366 g/mol. The van der Waals surface area contributed by atoms with Crippen LogP contribution in [0.1, 0.15) is 57.6 Å². The first-order valence-corrected chi connectivity index (χ1v) is 7.77. The summed E-state index contributed by atoms with van der Waals surface area (Å²) in [6.07, 6.45) is 3.99. The van der Waals surface area contributed by atoms with Gasteiger partial charge < -0.3 is 17.0 Å². The Morgan fingerprint density at radius 1 is 1.23 bits per heavy atom. The molecule has 1 aromatic carbocycles. The Labute approximate surface area is 143 Å². The van der Waals surface area contributed by atoms with E-state index in [1.165, 1.54) is 30.3 Å². The van der Waals surface area contributed by atoms with E-state index in [-0.39, 0.29) is 17.0 Å². The molecule has 1 unspecified atom stereocenters. The molecule has 0 amide bonds. The number of aromatic nitrogens is 3. The van der Waals surface area contributed by atoms with Gasteiger partial charge in [-0.25, -0.2) is 5.10 Å². The molecular weight excluding hydrogens is 340 g/mol. The Bertz CT molecular complexity index is 534. The molecule has 122 valence electrons. The molecule has 0 fully saturated rings. The summed E-state index contributed by atoms with van der Waals surface area (Å²) in [5, 5.41) is 8.76. The smallest absolute Gasteiger partial charge is 0.321 e. The number of benzene rings is 1. The lowest BCUT2D eigenvalue weighted by Crippen LogP contribution is -3.00. The average molecular weight is 367 g/mol. The molecule has 1 atom stereocenters. The quantitative estimate of drug-likeness (QED) is 0.731. The van der Waals surface area contributed by atoms with Crippen LogP contribution in [-0.2, 0) is 6.54 Å². The molecule has 1 aromatic heterocycles. The minimum Gasteiger partial charge on any atom is -1.00 e. The van der Waals surface area contributed by atoms with Gasteiger partial charge in [-0.1, -0.05) is 58.4 Å². The van der Waals surface area contributed by atoms with E-state index in [2.05, 4.69) is 72.5 Å². The zero-order chi connectivity index (χ0) is 15.3. The van der Waals surface area contributed by atoms with Crippen molar-refractivity contribution in [2.75, 3.05) is 0 Å². The van der Waals surface area contributed by atoms with Gasteiger partial charge in [-0.3, -0.25) is 5.32 Å². The summed E-state index contributed by atoms with van der Waals surface area (Å²) in [5.41, 5.74) is 3.15. The van der Waals surface area contributed by atoms with Crippen molar-refractivity contribution in [3.63, 3.8) is 0 Å². The number of halogens is 1. The molecule has 1 heterocycles. The first kappa shape index (κ1) is 18.8. The van der Waals surface area contributed by atoms with Gasteiger partial charge in [0.25, 0.3) is 0 Å². The highest BCUT2D eigenvalue weighted by atomic mass is 79.9. The predicted molar refractivity (Wildman–Crippen MR) is 85.2 cm³/mol. The van der Waals surface area contributed by atoms with Crippen molar-refractivity contribution in [1.82, 2.24) is 15.2 Å². The van der Waals surface area contributed by atoms with Gasteiger partial charge in [-0.05, 0) is 23.3 Å². The summed E-state index contributed by atoms with van der Waals surface area (Å²) in [4.78, 5) is 4.10. The molecule has 0 saturated heterocycles. The minimum atomic E-state index is 0. The van der Waals surface area contributed by atoms with E-state index in [0.29, 0.717) is 11.3 Å². The maximum atomic E-state index is 4.10. The highest BCUT2D eigenvalue weighted by molar-refractivity contribution is 5.24. The molecule has 0 aliphatic rings. The van der Waals surface area contributed by atoms with Gasteiger partial charge >= 0.3 is 5.95 Å². The zero-order valence-electron chi connectivity index (χ0n) is 13.9. The number of H-pyrrole nitrogens is 1. The molecule has 3 N–H and O–H groups in total. The first-order valence-electron chi connectivity index (χ1n) is 7.77. The van der Waals surface area contributed by atoms with Crippen molar-refractivity contribution in [3.8, 4) is 0 Å². The summed E-state index contributed by atoms with van der Waals surface area (Å²) in [6, 6.07) is 8.97. The lowest BCUT2D eigenvalue weighted by atomic mass is 9.79. The fourth-order valence-electron chi connectivity index (χ4n) is 2.60. The van der Waals surface area contributed by atoms with Crippen LogP contribution in [0.3, 0.4) is 0 Å². The van der Waals surface area contributed by atoms with E-state index in [4.69, 9.17) is 0 Å². The van der Waals surface area contributed by atoms with Gasteiger partial charge in [-0.2, -0.15) is 10.1 Å². The second-order valence-corrected chi connectivity index (χ2v) is 6.64. The topological polar surface area (TPSA) is 58.2 Å². The van der Waals surface area contributed by atoms with Crippen molar-refractivity contribution in [2.45, 2.75) is 53.0 Å². The van der Waals surface area contributed by atoms with E-state index in [9.17, 15) is 0 Å². The standard InChI is InChI=1S/C17H26N4.BrH/c1-5-17(3,4)10-13(2)15-8-6-14(7-9-15)11-18-16-19-12-20-21-16;/h6-9,12-13H,5,10-11H2,1-4H3,(H2,18,19,20,21);1H. The third kappa shape index (κ3) is 5.54. The van der Waals surface area contributed by atoms with Crippen LogP contribution in [0.2, 0.25) is 0 Å². The molecule has 4 nitrogen and oxygen atoms in total. The van der Waals surface area contributed by atoms with E-state index in [1.54, 1.807) is 0 Å². The van der Waals surface area contributed by atoms with Gasteiger partial charge in [0.1, 0.15) is 12.9 Å². The molecule has 0 radical (unpaired) electrons. The van der Waals surface area contributed by atoms with Gasteiger partial charge in [-0.15, -0.1) is 0 Å². The summed E-state index contributed by atoms with van der Waals surface area (Å²) in [6.45, 7) is 10.2. The molecule has 0 aliphatic carbocycles. The summed E-state index contributed by atoms with van der Waals surface area (Å²) < 4.78 is 0. The lowest BCUT2D eigenvalue weighted by Gasteiger charge is -2.26. The Morgan fingerprint density at radius 2 is 1.91 bits per heavy atom. The highest BCUT2D eigenvalue weighted by Crippen LogP contribution is 2.33. The van der Waals surface area contributed by atoms with Gasteiger partial charge in [0.05, 0.1) is 0 Å². The van der Waals surface area contributed by atoms with Crippen LogP contribution < -0.4 is 22.3 Å². The van der Waals surface area contributed by atoms with Crippen LogP contribution in [0, 0.1) is 5.41 Å². The largest absolute Gasteiger partial charge is 1.00 e. The van der Waals surface area contributed by atoms with E-state index < -0.39 is 0 Å². The van der Waals surface area contributed by atoms with Crippen LogP contribution >= 0.6 is 0 Å². The molecule has 5 heteroatoms. The molecule has 0 saturated carbocycles. The van der Waals surface area contributed by atoms with Crippen LogP contribution in [-0.4, -0.2) is 15.2 Å². The van der Waals surface area contributed by atoms with Gasteiger partial charge in [0.15, 0.2) is 0 Å². The molecule has 0 aliphatic heterocycles. The highest BCUT2D eigenvalue weighted by Gasteiger charge is 2.19. The fraction of sp³-hybridized carbons (Fsp3) is 0.529.